The van der Waals surface area contributed by atoms with E-state index >= 15 is 0 Å². The van der Waals surface area contributed by atoms with E-state index in [-0.39, 0.29) is 5.56 Å². The molecule has 0 heterocycles. The van der Waals surface area contributed by atoms with Gasteiger partial charge in [0.15, 0.2) is 0 Å². The van der Waals surface area contributed by atoms with Crippen LogP contribution in [0.5, 0.6) is 0 Å². The van der Waals surface area contributed by atoms with Crippen molar-refractivity contribution in [2.75, 3.05) is 0 Å². The molecule has 1 N–H and O–H groups in total. The van der Waals surface area contributed by atoms with Crippen LogP contribution in [0.1, 0.15) is 62.2 Å². The van der Waals surface area contributed by atoms with Crippen LogP contribution in [-0.4, -0.2) is 5.11 Å². The summed E-state index contributed by atoms with van der Waals surface area (Å²) in [6, 6.07) is 6.11. The Morgan fingerprint density at radius 2 is 1.74 bits per heavy atom. The van der Waals surface area contributed by atoms with Crippen LogP contribution in [-0.2, 0) is 0 Å². The topological polar surface area (TPSA) is 20.2 Å². The van der Waals surface area contributed by atoms with Gasteiger partial charge in [-0.2, -0.15) is 0 Å². The molecule has 0 amide bonds. The Morgan fingerprint density at radius 3 is 2.53 bits per heavy atom. The minimum atomic E-state index is -2.49. The molecule has 2 rings (SSSR count). The molecule has 104 valence electrons. The largest absolute Gasteiger partial charge is 0.384 e. The first-order valence-corrected chi connectivity index (χ1v) is 6.93. The molecule has 0 bridgehead atoms. The molecule has 19 heavy (non-hydrogen) atoms. The Bertz CT molecular complexity index is 440. The molecule has 1 unspecified atom stereocenters. The van der Waals surface area contributed by atoms with Crippen molar-refractivity contribution < 1.29 is 13.9 Å². The summed E-state index contributed by atoms with van der Waals surface area (Å²) >= 11 is 0. The number of halogens is 2. The van der Waals surface area contributed by atoms with Crippen LogP contribution >= 0.6 is 0 Å². The molecule has 1 atom stereocenters. The highest BCUT2D eigenvalue weighted by Crippen LogP contribution is 2.30. The third kappa shape index (κ3) is 3.87. The second kappa shape index (κ2) is 6.80. The lowest BCUT2D eigenvalue weighted by Crippen LogP contribution is -2.04. The van der Waals surface area contributed by atoms with Gasteiger partial charge in [0.25, 0.3) is 6.43 Å². The maximum Gasteiger partial charge on any atom is 0.263 e. The Kier molecular flexibility index (Phi) is 5.08. The van der Waals surface area contributed by atoms with E-state index < -0.39 is 12.5 Å². The van der Waals surface area contributed by atoms with Gasteiger partial charge in [0, 0.05) is 5.56 Å². The van der Waals surface area contributed by atoms with Gasteiger partial charge in [-0.1, -0.05) is 37.1 Å². The normalized spacial score (nSPS) is 21.4. The van der Waals surface area contributed by atoms with Crippen molar-refractivity contribution >= 4 is 0 Å². The Hall–Kier alpha value is -1.22. The summed E-state index contributed by atoms with van der Waals surface area (Å²) in [5, 5.41) is 10.4. The van der Waals surface area contributed by atoms with E-state index in [0.717, 1.165) is 31.3 Å². The van der Waals surface area contributed by atoms with Crippen LogP contribution in [0.25, 0.3) is 0 Å². The maximum atomic E-state index is 12.7. The van der Waals surface area contributed by atoms with Gasteiger partial charge in [0.05, 0.1) is 0 Å². The summed E-state index contributed by atoms with van der Waals surface area (Å²) in [6.07, 6.45) is 5.32. The van der Waals surface area contributed by atoms with Gasteiger partial charge in [-0.25, -0.2) is 8.78 Å². The van der Waals surface area contributed by atoms with Crippen LogP contribution in [0, 0.1) is 0 Å². The second-order valence-electron chi connectivity index (χ2n) is 5.11. The zero-order valence-corrected chi connectivity index (χ0v) is 11.0. The highest BCUT2D eigenvalue weighted by atomic mass is 19.3. The third-order valence-corrected chi connectivity index (χ3v) is 3.66. The van der Waals surface area contributed by atoms with Crippen LogP contribution < -0.4 is 0 Å². The molecule has 0 aromatic heterocycles. The van der Waals surface area contributed by atoms with Crippen molar-refractivity contribution in [1.29, 1.82) is 0 Å². The van der Waals surface area contributed by atoms with Crippen LogP contribution in [0.3, 0.4) is 0 Å². The highest BCUT2D eigenvalue weighted by Gasteiger charge is 2.16. The van der Waals surface area contributed by atoms with E-state index in [9.17, 15) is 13.9 Å². The molecule has 1 nitrogen and oxygen atoms in total. The number of hydrogen-bond acceptors (Lipinski definition) is 1. The van der Waals surface area contributed by atoms with Crippen molar-refractivity contribution in [3.8, 4) is 0 Å². The van der Waals surface area contributed by atoms with Gasteiger partial charge < -0.3 is 5.11 Å². The van der Waals surface area contributed by atoms with Gasteiger partial charge in [0.1, 0.15) is 6.10 Å². The monoisotopic (exact) mass is 266 g/mol. The van der Waals surface area contributed by atoms with E-state index in [1.807, 2.05) is 0 Å². The molecule has 0 radical (unpaired) electrons. The number of allylic oxidation sites excluding steroid dienone is 1. The quantitative estimate of drug-likeness (QED) is 0.768. The van der Waals surface area contributed by atoms with E-state index in [4.69, 9.17) is 0 Å². The number of hydrogen-bond donors (Lipinski definition) is 1. The van der Waals surface area contributed by atoms with Gasteiger partial charge in [-0.3, -0.25) is 0 Å². The summed E-state index contributed by atoms with van der Waals surface area (Å²) < 4.78 is 25.4. The number of rotatable bonds is 3. The maximum absolute atomic E-state index is 12.7. The highest BCUT2D eigenvalue weighted by molar-refractivity contribution is 5.31. The van der Waals surface area contributed by atoms with Crippen LogP contribution in [0.4, 0.5) is 8.78 Å². The Labute approximate surface area is 113 Å². The van der Waals surface area contributed by atoms with Crippen molar-refractivity contribution in [2.45, 2.75) is 51.1 Å². The molecule has 1 aromatic carbocycles. The molecule has 1 aromatic rings. The molecular weight excluding hydrogens is 246 g/mol. The standard InChI is InChI=1S/C16H20F2O/c17-16(18)14-10-6-9-13(11-14)15(19)12-7-4-2-1-3-5-8-12/h6-7,9-11,15-16,19H,1-5,8H2/b12-7+. The summed E-state index contributed by atoms with van der Waals surface area (Å²) in [6.45, 7) is 0. The fraction of sp³-hybridized carbons (Fsp3) is 0.500. The average Bonchev–Trinajstić information content (AvgIpc) is 2.38. The minimum absolute atomic E-state index is 0.0250. The molecule has 0 spiro atoms. The zero-order chi connectivity index (χ0) is 13.7. The molecule has 1 aliphatic rings. The van der Waals surface area contributed by atoms with Crippen molar-refractivity contribution in [3.05, 3.63) is 47.0 Å². The van der Waals surface area contributed by atoms with Crippen molar-refractivity contribution in [1.82, 2.24) is 0 Å². The lowest BCUT2D eigenvalue weighted by molar-refractivity contribution is 0.150. The molecule has 0 saturated heterocycles. The van der Waals surface area contributed by atoms with Crippen molar-refractivity contribution in [3.63, 3.8) is 0 Å². The third-order valence-electron chi connectivity index (χ3n) is 3.66. The Balaban J connectivity index is 2.17. The van der Waals surface area contributed by atoms with Gasteiger partial charge in [-0.15, -0.1) is 0 Å². The van der Waals surface area contributed by atoms with E-state index in [1.54, 1.807) is 12.1 Å². The first-order chi connectivity index (χ1) is 9.18. The molecule has 1 aliphatic carbocycles. The second-order valence-corrected chi connectivity index (χ2v) is 5.11. The van der Waals surface area contributed by atoms with Crippen molar-refractivity contribution in [2.24, 2.45) is 0 Å². The van der Waals surface area contributed by atoms with Gasteiger partial charge in [-0.05, 0) is 42.9 Å². The van der Waals surface area contributed by atoms with Crippen LogP contribution in [0.15, 0.2) is 35.9 Å². The summed E-state index contributed by atoms with van der Waals surface area (Å²) in [5.41, 5.74) is 1.53. The molecule has 0 saturated carbocycles. The number of aliphatic hydroxyl groups is 1. The lowest BCUT2D eigenvalue weighted by atomic mass is 9.92. The number of benzene rings is 1. The zero-order valence-electron chi connectivity index (χ0n) is 11.0. The van der Waals surface area contributed by atoms with E-state index in [1.165, 1.54) is 25.0 Å². The van der Waals surface area contributed by atoms with Crippen LogP contribution in [0.2, 0.25) is 0 Å². The number of alkyl halides is 2. The molecule has 0 aliphatic heterocycles. The number of aliphatic hydroxyl groups excluding tert-OH is 1. The summed E-state index contributed by atoms with van der Waals surface area (Å²) in [5.74, 6) is 0. The van der Waals surface area contributed by atoms with E-state index in [0.29, 0.717) is 5.56 Å². The summed E-state index contributed by atoms with van der Waals surface area (Å²) in [4.78, 5) is 0. The fourth-order valence-electron chi connectivity index (χ4n) is 2.54. The smallest absolute Gasteiger partial charge is 0.263 e. The van der Waals surface area contributed by atoms with Gasteiger partial charge in [0.2, 0.25) is 0 Å². The van der Waals surface area contributed by atoms with E-state index in [2.05, 4.69) is 6.08 Å². The lowest BCUT2D eigenvalue weighted by Gasteiger charge is -2.18. The molecular formula is C16H20F2O. The minimum Gasteiger partial charge on any atom is -0.384 e. The predicted octanol–water partition coefficient (Wildman–Crippen LogP) is 4.94. The predicted molar refractivity (Wildman–Crippen MR) is 72.1 cm³/mol. The SMILES string of the molecule is OC(/C1=C/CCCCCC1)c1cccc(C(F)F)c1. The molecule has 0 fully saturated rings. The first-order valence-electron chi connectivity index (χ1n) is 6.93. The first kappa shape index (κ1) is 14.2. The molecule has 3 heteroatoms. The average molecular weight is 266 g/mol. The fourth-order valence-corrected chi connectivity index (χ4v) is 2.54. The van der Waals surface area contributed by atoms with Gasteiger partial charge >= 0.3 is 0 Å². The summed E-state index contributed by atoms with van der Waals surface area (Å²) in [7, 11) is 0. The Morgan fingerprint density at radius 1 is 1.00 bits per heavy atom.